The number of nitrogens with zero attached hydrogens (tertiary/aromatic N) is 2. The standard InChI is InChI=1S/C14H14N4O4/c1-9-6-11(17-16-9)14(21)18-15-7-10-4-2-3-5-12(10)22-8-13(19)20/h2-7H,8H2,1H3,(H,16,17)(H,18,21)(H,19,20)/p-1. The number of para-hydroxylation sites is 1. The number of aromatic amines is 1. The van der Waals surface area contributed by atoms with Gasteiger partial charge in [0, 0.05) is 11.3 Å². The maximum absolute atomic E-state index is 11.7. The van der Waals surface area contributed by atoms with E-state index in [9.17, 15) is 14.7 Å². The molecule has 0 unspecified atom stereocenters. The van der Waals surface area contributed by atoms with Crippen molar-refractivity contribution in [1.82, 2.24) is 15.6 Å². The van der Waals surface area contributed by atoms with Crippen LogP contribution in [0.2, 0.25) is 0 Å². The summed E-state index contributed by atoms with van der Waals surface area (Å²) in [4.78, 5) is 22.1. The summed E-state index contributed by atoms with van der Waals surface area (Å²) in [5.41, 5.74) is 3.81. The Morgan fingerprint density at radius 1 is 1.45 bits per heavy atom. The predicted molar refractivity (Wildman–Crippen MR) is 75.3 cm³/mol. The van der Waals surface area contributed by atoms with Crippen molar-refractivity contribution >= 4 is 18.1 Å². The number of amides is 1. The largest absolute Gasteiger partial charge is 0.546 e. The van der Waals surface area contributed by atoms with Gasteiger partial charge in [0.15, 0.2) is 5.69 Å². The summed E-state index contributed by atoms with van der Waals surface area (Å²) in [7, 11) is 0. The van der Waals surface area contributed by atoms with E-state index in [0.29, 0.717) is 11.3 Å². The third-order valence-electron chi connectivity index (χ3n) is 2.57. The number of aliphatic carboxylic acids is 1. The lowest BCUT2D eigenvalue weighted by Gasteiger charge is -2.08. The Balaban J connectivity index is 2.00. The fourth-order valence-corrected chi connectivity index (χ4v) is 1.61. The van der Waals surface area contributed by atoms with E-state index in [1.807, 2.05) is 0 Å². The molecule has 1 amide bonds. The van der Waals surface area contributed by atoms with Crippen molar-refractivity contribution in [2.24, 2.45) is 5.10 Å². The van der Waals surface area contributed by atoms with Gasteiger partial charge in [0.2, 0.25) is 0 Å². The van der Waals surface area contributed by atoms with Crippen LogP contribution in [0.3, 0.4) is 0 Å². The fraction of sp³-hybridized carbons (Fsp3) is 0.143. The molecule has 1 aromatic heterocycles. The quantitative estimate of drug-likeness (QED) is 0.556. The summed E-state index contributed by atoms with van der Waals surface area (Å²) in [6.45, 7) is 1.21. The van der Waals surface area contributed by atoms with Gasteiger partial charge >= 0.3 is 0 Å². The number of carboxylic acids is 1. The van der Waals surface area contributed by atoms with Crippen molar-refractivity contribution in [3.05, 3.63) is 47.3 Å². The molecule has 0 fully saturated rings. The molecule has 2 N–H and O–H groups in total. The first kappa shape index (κ1) is 15.2. The van der Waals surface area contributed by atoms with E-state index in [0.717, 1.165) is 5.69 Å². The number of aromatic nitrogens is 2. The minimum Gasteiger partial charge on any atom is -0.546 e. The van der Waals surface area contributed by atoms with Crippen molar-refractivity contribution in [1.29, 1.82) is 0 Å². The lowest BCUT2D eigenvalue weighted by molar-refractivity contribution is -0.307. The molecule has 0 bridgehead atoms. The maximum Gasteiger partial charge on any atom is 0.291 e. The first-order valence-corrected chi connectivity index (χ1v) is 6.33. The number of H-pyrrole nitrogens is 1. The summed E-state index contributed by atoms with van der Waals surface area (Å²) in [5.74, 6) is -1.47. The molecule has 0 saturated heterocycles. The Morgan fingerprint density at radius 3 is 2.91 bits per heavy atom. The number of ether oxygens (including phenoxy) is 1. The van der Waals surface area contributed by atoms with E-state index in [2.05, 4.69) is 20.7 Å². The Kier molecular flexibility index (Phi) is 4.86. The Morgan fingerprint density at radius 2 is 2.23 bits per heavy atom. The van der Waals surface area contributed by atoms with Crippen molar-refractivity contribution in [2.75, 3.05) is 6.61 Å². The van der Waals surface area contributed by atoms with Gasteiger partial charge in [0.1, 0.15) is 12.4 Å². The van der Waals surface area contributed by atoms with Gasteiger partial charge in [-0.3, -0.25) is 9.89 Å². The molecule has 22 heavy (non-hydrogen) atoms. The van der Waals surface area contributed by atoms with Crippen LogP contribution in [0, 0.1) is 6.92 Å². The molecule has 2 rings (SSSR count). The Bertz CT molecular complexity index is 708. The molecule has 1 aromatic carbocycles. The summed E-state index contributed by atoms with van der Waals surface area (Å²) >= 11 is 0. The summed E-state index contributed by atoms with van der Waals surface area (Å²) < 4.78 is 5.06. The molecule has 2 aromatic rings. The SMILES string of the molecule is Cc1cc(C(=O)NN=Cc2ccccc2OCC(=O)[O-])n[nH]1. The molecule has 114 valence electrons. The van der Waals surface area contributed by atoms with E-state index in [4.69, 9.17) is 4.74 Å². The van der Waals surface area contributed by atoms with E-state index in [1.165, 1.54) is 6.21 Å². The minimum atomic E-state index is -1.33. The number of aryl methyl sites for hydroxylation is 1. The first-order valence-electron chi connectivity index (χ1n) is 6.33. The number of carbonyl (C=O) groups excluding carboxylic acids is 2. The highest BCUT2D eigenvalue weighted by Gasteiger charge is 2.07. The van der Waals surface area contributed by atoms with Crippen LogP contribution in [0.1, 0.15) is 21.7 Å². The normalized spacial score (nSPS) is 10.6. The lowest BCUT2D eigenvalue weighted by Crippen LogP contribution is -2.29. The summed E-state index contributed by atoms with van der Waals surface area (Å²) in [6, 6.07) is 8.25. The molecule has 1 heterocycles. The van der Waals surface area contributed by atoms with Crippen molar-refractivity contribution in [2.45, 2.75) is 6.92 Å². The van der Waals surface area contributed by atoms with Gasteiger partial charge in [-0.15, -0.1) is 0 Å². The van der Waals surface area contributed by atoms with Crippen LogP contribution in [0.25, 0.3) is 0 Å². The van der Waals surface area contributed by atoms with Crippen LogP contribution in [0.4, 0.5) is 0 Å². The van der Waals surface area contributed by atoms with Crippen LogP contribution in [0.15, 0.2) is 35.4 Å². The van der Waals surface area contributed by atoms with E-state index in [1.54, 1.807) is 37.3 Å². The zero-order chi connectivity index (χ0) is 15.9. The Hall–Kier alpha value is -3.16. The average Bonchev–Trinajstić information content (AvgIpc) is 2.92. The molecule has 0 aliphatic heterocycles. The number of nitrogens with one attached hydrogen (secondary N) is 2. The van der Waals surface area contributed by atoms with Gasteiger partial charge in [0.05, 0.1) is 12.2 Å². The van der Waals surface area contributed by atoms with E-state index >= 15 is 0 Å². The fourth-order valence-electron chi connectivity index (χ4n) is 1.61. The van der Waals surface area contributed by atoms with E-state index in [-0.39, 0.29) is 5.69 Å². The van der Waals surface area contributed by atoms with Gasteiger partial charge in [-0.25, -0.2) is 5.43 Å². The zero-order valence-electron chi connectivity index (χ0n) is 11.7. The highest BCUT2D eigenvalue weighted by atomic mass is 16.5. The smallest absolute Gasteiger partial charge is 0.291 e. The number of hydrogen-bond acceptors (Lipinski definition) is 6. The highest BCUT2D eigenvalue weighted by Crippen LogP contribution is 2.15. The van der Waals surface area contributed by atoms with Crippen LogP contribution >= 0.6 is 0 Å². The van der Waals surface area contributed by atoms with Gasteiger partial charge in [-0.2, -0.15) is 10.2 Å². The minimum absolute atomic E-state index is 0.219. The number of carbonyl (C=O) groups is 2. The summed E-state index contributed by atoms with van der Waals surface area (Å²) in [6.07, 6.45) is 1.35. The van der Waals surface area contributed by atoms with Gasteiger partial charge in [0.25, 0.3) is 5.91 Å². The van der Waals surface area contributed by atoms with Crippen LogP contribution < -0.4 is 15.3 Å². The molecule has 0 radical (unpaired) electrons. The highest BCUT2D eigenvalue weighted by molar-refractivity contribution is 5.93. The van der Waals surface area contributed by atoms with Gasteiger partial charge in [-0.05, 0) is 25.1 Å². The second-order valence-electron chi connectivity index (χ2n) is 4.33. The first-order chi connectivity index (χ1) is 10.6. The number of rotatable bonds is 6. The molecular weight excluding hydrogens is 288 g/mol. The average molecular weight is 301 g/mol. The maximum atomic E-state index is 11.7. The second kappa shape index (κ2) is 7.02. The number of hydrogen-bond donors (Lipinski definition) is 2. The molecule has 0 aliphatic carbocycles. The summed E-state index contributed by atoms with van der Waals surface area (Å²) in [5, 5.41) is 20.7. The van der Waals surface area contributed by atoms with Gasteiger partial charge < -0.3 is 14.6 Å². The number of benzene rings is 1. The number of carboxylic acid groups (broad SMARTS) is 1. The van der Waals surface area contributed by atoms with Crippen molar-refractivity contribution < 1.29 is 19.4 Å². The molecule has 0 saturated carbocycles. The van der Waals surface area contributed by atoms with Crippen molar-refractivity contribution in [3.8, 4) is 5.75 Å². The monoisotopic (exact) mass is 301 g/mol. The molecule has 8 heteroatoms. The third kappa shape index (κ3) is 4.17. The van der Waals surface area contributed by atoms with Crippen LogP contribution in [-0.4, -0.2) is 34.9 Å². The molecule has 0 aliphatic rings. The molecular formula is C14H13N4O4-. The van der Waals surface area contributed by atoms with Crippen molar-refractivity contribution in [3.63, 3.8) is 0 Å². The van der Waals surface area contributed by atoms with Gasteiger partial charge in [-0.1, -0.05) is 12.1 Å². The lowest BCUT2D eigenvalue weighted by atomic mass is 10.2. The molecule has 8 nitrogen and oxygen atoms in total. The topological polar surface area (TPSA) is 120 Å². The Labute approximate surface area is 125 Å². The molecule has 0 atom stereocenters. The number of hydrazone groups is 1. The molecule has 0 spiro atoms. The van der Waals surface area contributed by atoms with E-state index < -0.39 is 18.5 Å². The second-order valence-corrected chi connectivity index (χ2v) is 4.33. The van der Waals surface area contributed by atoms with Crippen LogP contribution in [-0.2, 0) is 4.79 Å². The van der Waals surface area contributed by atoms with Crippen LogP contribution in [0.5, 0.6) is 5.75 Å². The zero-order valence-corrected chi connectivity index (χ0v) is 11.7. The third-order valence-corrected chi connectivity index (χ3v) is 2.57. The predicted octanol–water partition coefficient (Wildman–Crippen LogP) is -0.389.